The van der Waals surface area contributed by atoms with Crippen LogP contribution in [0.15, 0.2) is 12.1 Å². The van der Waals surface area contributed by atoms with E-state index in [0.29, 0.717) is 12.8 Å². The second-order valence-corrected chi connectivity index (χ2v) is 3.45. The van der Waals surface area contributed by atoms with Crippen LogP contribution in [-0.2, 0) is 6.42 Å². The number of benzene rings is 1. The largest absolute Gasteiger partial charge is 0.396 e. The Balaban J connectivity index is 2.99. The van der Waals surface area contributed by atoms with Gasteiger partial charge in [0, 0.05) is 12.2 Å². The first-order valence-electron chi connectivity index (χ1n) is 4.83. The number of hydrogen-bond acceptors (Lipinski definition) is 2. The molecule has 0 spiro atoms. The molecule has 1 aromatic rings. The summed E-state index contributed by atoms with van der Waals surface area (Å²) < 4.78 is 26.7. The van der Waals surface area contributed by atoms with Crippen LogP contribution in [0.3, 0.4) is 0 Å². The van der Waals surface area contributed by atoms with Gasteiger partial charge in [0.2, 0.25) is 0 Å². The van der Waals surface area contributed by atoms with Crippen molar-refractivity contribution in [3.8, 4) is 0 Å². The van der Waals surface area contributed by atoms with E-state index in [0.717, 1.165) is 0 Å². The highest BCUT2D eigenvalue weighted by molar-refractivity contribution is 5.27. The highest BCUT2D eigenvalue weighted by Crippen LogP contribution is 2.22. The Kier molecular flexibility index (Phi) is 4.17. The van der Waals surface area contributed by atoms with Crippen molar-refractivity contribution in [1.82, 2.24) is 0 Å². The third-order valence-electron chi connectivity index (χ3n) is 2.25. The van der Waals surface area contributed by atoms with Crippen LogP contribution in [0.4, 0.5) is 8.78 Å². The van der Waals surface area contributed by atoms with Crippen molar-refractivity contribution >= 4 is 0 Å². The molecule has 0 aliphatic carbocycles. The number of rotatable bonds is 4. The monoisotopic (exact) mass is 216 g/mol. The molecule has 0 aromatic heterocycles. The number of aliphatic hydroxyl groups excluding tert-OH is 2. The summed E-state index contributed by atoms with van der Waals surface area (Å²) in [5.74, 6) is -1.93. The Morgan fingerprint density at radius 3 is 2.47 bits per heavy atom. The Morgan fingerprint density at radius 1 is 1.27 bits per heavy atom. The minimum Gasteiger partial charge on any atom is -0.396 e. The predicted octanol–water partition coefficient (Wildman–Crippen LogP) is 1.94. The Hall–Kier alpha value is -1.00. The summed E-state index contributed by atoms with van der Waals surface area (Å²) in [5.41, 5.74) is 0.186. The minimum absolute atomic E-state index is 0.0414. The van der Waals surface area contributed by atoms with E-state index in [1.807, 2.05) is 0 Å². The quantitative estimate of drug-likeness (QED) is 0.807. The highest BCUT2D eigenvalue weighted by Gasteiger charge is 2.15. The maximum Gasteiger partial charge on any atom is 0.164 e. The average molecular weight is 216 g/mol. The van der Waals surface area contributed by atoms with Gasteiger partial charge >= 0.3 is 0 Å². The van der Waals surface area contributed by atoms with E-state index in [4.69, 9.17) is 10.2 Å². The maximum atomic E-state index is 13.4. The molecule has 0 fully saturated rings. The van der Waals surface area contributed by atoms with Crippen molar-refractivity contribution in [3.05, 3.63) is 34.9 Å². The molecule has 1 atom stereocenters. The van der Waals surface area contributed by atoms with Crippen LogP contribution in [0.5, 0.6) is 0 Å². The van der Waals surface area contributed by atoms with Gasteiger partial charge in [-0.15, -0.1) is 0 Å². The van der Waals surface area contributed by atoms with Crippen LogP contribution >= 0.6 is 0 Å². The molecule has 0 saturated heterocycles. The van der Waals surface area contributed by atoms with E-state index in [1.54, 1.807) is 0 Å². The Bertz CT molecular complexity index is 338. The van der Waals surface area contributed by atoms with Gasteiger partial charge in [-0.05, 0) is 25.3 Å². The molecule has 0 aliphatic rings. The molecule has 84 valence electrons. The van der Waals surface area contributed by atoms with Crippen LogP contribution < -0.4 is 0 Å². The zero-order valence-electron chi connectivity index (χ0n) is 8.50. The SMILES string of the molecule is CC(O)c1ccc(CCCO)c(F)c1F. The predicted molar refractivity (Wildman–Crippen MR) is 52.4 cm³/mol. The van der Waals surface area contributed by atoms with Gasteiger partial charge in [-0.2, -0.15) is 0 Å². The van der Waals surface area contributed by atoms with Gasteiger partial charge in [-0.3, -0.25) is 0 Å². The van der Waals surface area contributed by atoms with Crippen LogP contribution in [0, 0.1) is 11.6 Å². The lowest BCUT2D eigenvalue weighted by molar-refractivity contribution is 0.192. The standard InChI is InChI=1S/C11H14F2O2/c1-7(15)9-5-4-8(3-2-6-14)10(12)11(9)13/h4-5,7,14-15H,2-3,6H2,1H3. The van der Waals surface area contributed by atoms with E-state index in [2.05, 4.69) is 0 Å². The smallest absolute Gasteiger partial charge is 0.164 e. The first kappa shape index (κ1) is 12.1. The molecule has 0 heterocycles. The van der Waals surface area contributed by atoms with Crippen molar-refractivity contribution < 1.29 is 19.0 Å². The summed E-state index contributed by atoms with van der Waals surface area (Å²) in [4.78, 5) is 0. The molecule has 0 bridgehead atoms. The van der Waals surface area contributed by atoms with Gasteiger partial charge in [0.25, 0.3) is 0 Å². The van der Waals surface area contributed by atoms with Crippen molar-refractivity contribution in [2.24, 2.45) is 0 Å². The highest BCUT2D eigenvalue weighted by atomic mass is 19.2. The van der Waals surface area contributed by atoms with Gasteiger partial charge in [0.1, 0.15) is 0 Å². The van der Waals surface area contributed by atoms with Gasteiger partial charge in [0.15, 0.2) is 11.6 Å². The van der Waals surface area contributed by atoms with Crippen LogP contribution in [-0.4, -0.2) is 16.8 Å². The van der Waals surface area contributed by atoms with Gasteiger partial charge < -0.3 is 10.2 Å². The fourth-order valence-electron chi connectivity index (χ4n) is 1.39. The summed E-state index contributed by atoms with van der Waals surface area (Å²) in [6.45, 7) is 1.32. The normalized spacial score (nSPS) is 12.9. The minimum atomic E-state index is -1.02. The van der Waals surface area contributed by atoms with Gasteiger partial charge in [0.05, 0.1) is 6.10 Å². The zero-order chi connectivity index (χ0) is 11.4. The van der Waals surface area contributed by atoms with Crippen molar-refractivity contribution in [2.75, 3.05) is 6.61 Å². The van der Waals surface area contributed by atoms with Crippen molar-refractivity contribution in [2.45, 2.75) is 25.9 Å². The topological polar surface area (TPSA) is 40.5 Å². The Labute approximate surface area is 87.2 Å². The average Bonchev–Trinajstić information content (AvgIpc) is 2.20. The molecule has 2 nitrogen and oxygen atoms in total. The molecular formula is C11H14F2O2. The molecule has 15 heavy (non-hydrogen) atoms. The molecular weight excluding hydrogens is 202 g/mol. The molecule has 1 aromatic carbocycles. The Morgan fingerprint density at radius 2 is 1.93 bits per heavy atom. The van der Waals surface area contributed by atoms with E-state index >= 15 is 0 Å². The van der Waals surface area contributed by atoms with Gasteiger partial charge in [-0.25, -0.2) is 8.78 Å². The number of hydrogen-bond donors (Lipinski definition) is 2. The number of aliphatic hydroxyl groups is 2. The fraction of sp³-hybridized carbons (Fsp3) is 0.455. The number of halogens is 2. The molecule has 0 aliphatic heterocycles. The summed E-state index contributed by atoms with van der Waals surface area (Å²) >= 11 is 0. The van der Waals surface area contributed by atoms with Crippen LogP contribution in [0.1, 0.15) is 30.6 Å². The van der Waals surface area contributed by atoms with E-state index in [-0.39, 0.29) is 17.7 Å². The third-order valence-corrected chi connectivity index (χ3v) is 2.25. The zero-order valence-corrected chi connectivity index (χ0v) is 8.50. The van der Waals surface area contributed by atoms with Crippen LogP contribution in [0.25, 0.3) is 0 Å². The van der Waals surface area contributed by atoms with Crippen molar-refractivity contribution in [1.29, 1.82) is 0 Å². The van der Waals surface area contributed by atoms with Crippen molar-refractivity contribution in [3.63, 3.8) is 0 Å². The lowest BCUT2D eigenvalue weighted by atomic mass is 10.0. The summed E-state index contributed by atoms with van der Waals surface area (Å²) in [7, 11) is 0. The molecule has 0 amide bonds. The van der Waals surface area contributed by atoms with E-state index in [9.17, 15) is 8.78 Å². The number of aryl methyl sites for hydroxylation is 1. The molecule has 0 saturated carbocycles. The van der Waals surface area contributed by atoms with Crippen LogP contribution in [0.2, 0.25) is 0 Å². The first-order chi connectivity index (χ1) is 7.07. The molecule has 0 radical (unpaired) electrons. The second-order valence-electron chi connectivity index (χ2n) is 3.45. The summed E-state index contributed by atoms with van der Waals surface area (Å²) in [6, 6.07) is 2.81. The molecule has 1 unspecified atom stereocenters. The maximum absolute atomic E-state index is 13.4. The lowest BCUT2D eigenvalue weighted by Gasteiger charge is -2.09. The lowest BCUT2D eigenvalue weighted by Crippen LogP contribution is -2.03. The fourth-order valence-corrected chi connectivity index (χ4v) is 1.39. The van der Waals surface area contributed by atoms with Gasteiger partial charge in [-0.1, -0.05) is 12.1 Å². The molecule has 1 rings (SSSR count). The second kappa shape index (κ2) is 5.19. The summed E-state index contributed by atoms with van der Waals surface area (Å²) in [5, 5.41) is 17.7. The first-order valence-corrected chi connectivity index (χ1v) is 4.83. The molecule has 2 N–H and O–H groups in total. The molecule has 4 heteroatoms. The van der Waals surface area contributed by atoms with E-state index < -0.39 is 17.7 Å². The summed E-state index contributed by atoms with van der Waals surface area (Å²) in [6.07, 6.45) is -0.338. The van der Waals surface area contributed by atoms with E-state index in [1.165, 1.54) is 19.1 Å². The third kappa shape index (κ3) is 2.73.